The predicted molar refractivity (Wildman–Crippen MR) is 98.8 cm³/mol. The summed E-state index contributed by atoms with van der Waals surface area (Å²) < 4.78 is 1.92. The molecule has 2 heterocycles. The van der Waals surface area contributed by atoms with Gasteiger partial charge < -0.3 is 10.6 Å². The molecule has 2 aromatic heterocycles. The Bertz CT molecular complexity index is 879. The molecule has 7 nitrogen and oxygen atoms in total. The lowest BCUT2D eigenvalue weighted by Crippen LogP contribution is -2.37. The number of rotatable bonds is 5. The Morgan fingerprint density at radius 3 is 2.76 bits per heavy atom. The molecule has 0 bridgehead atoms. The number of aryl methyl sites for hydroxylation is 1. The minimum absolute atomic E-state index is 0.0184. The van der Waals surface area contributed by atoms with Crippen LogP contribution in [0.25, 0.3) is 10.9 Å². The molecule has 0 fully saturated rings. The number of anilines is 1. The third-order valence-corrected chi connectivity index (χ3v) is 3.96. The van der Waals surface area contributed by atoms with Crippen LogP contribution in [0.4, 0.5) is 10.5 Å². The summed E-state index contributed by atoms with van der Waals surface area (Å²) in [5.41, 5.74) is 3.62. The molecule has 2 amide bonds. The van der Waals surface area contributed by atoms with Crippen LogP contribution in [0.5, 0.6) is 0 Å². The van der Waals surface area contributed by atoms with Gasteiger partial charge in [0.15, 0.2) is 0 Å². The number of H-pyrrole nitrogens is 1. The van der Waals surface area contributed by atoms with Crippen molar-refractivity contribution < 1.29 is 4.79 Å². The summed E-state index contributed by atoms with van der Waals surface area (Å²) in [5, 5.41) is 18.4. The van der Waals surface area contributed by atoms with Crippen LogP contribution in [0.3, 0.4) is 0 Å². The van der Waals surface area contributed by atoms with Crippen molar-refractivity contribution in [2.45, 2.75) is 46.2 Å². The van der Waals surface area contributed by atoms with Crippen molar-refractivity contribution in [3.8, 4) is 0 Å². The van der Waals surface area contributed by atoms with Gasteiger partial charge in [0.05, 0.1) is 11.2 Å². The van der Waals surface area contributed by atoms with Crippen molar-refractivity contribution in [2.24, 2.45) is 0 Å². The van der Waals surface area contributed by atoms with Gasteiger partial charge in [0.2, 0.25) is 0 Å². The number of hydrogen-bond acceptors (Lipinski definition) is 3. The fraction of sp³-hybridized carbons (Fsp3) is 0.389. The largest absolute Gasteiger partial charge is 0.335 e. The molecule has 132 valence electrons. The van der Waals surface area contributed by atoms with E-state index in [1.165, 1.54) is 0 Å². The highest BCUT2D eigenvalue weighted by Crippen LogP contribution is 2.19. The van der Waals surface area contributed by atoms with E-state index in [1.54, 1.807) is 0 Å². The molecule has 3 aromatic rings. The van der Waals surface area contributed by atoms with E-state index in [-0.39, 0.29) is 12.1 Å². The molecule has 3 rings (SSSR count). The fourth-order valence-corrected chi connectivity index (χ4v) is 2.72. The predicted octanol–water partition coefficient (Wildman–Crippen LogP) is 3.40. The van der Waals surface area contributed by atoms with E-state index in [0.29, 0.717) is 12.5 Å². The number of carbonyl (C=O) groups is 1. The zero-order chi connectivity index (χ0) is 18.0. The summed E-state index contributed by atoms with van der Waals surface area (Å²) in [5.74, 6) is 0. The number of carbonyl (C=O) groups excluding carboxylic acids is 1. The minimum atomic E-state index is -0.227. The number of hydrogen-bond donors (Lipinski definition) is 3. The monoisotopic (exact) mass is 340 g/mol. The van der Waals surface area contributed by atoms with E-state index in [4.69, 9.17) is 0 Å². The van der Waals surface area contributed by atoms with E-state index in [0.717, 1.165) is 28.0 Å². The van der Waals surface area contributed by atoms with E-state index in [2.05, 4.69) is 39.8 Å². The molecule has 0 saturated heterocycles. The number of amides is 2. The van der Waals surface area contributed by atoms with E-state index >= 15 is 0 Å². The zero-order valence-electron chi connectivity index (χ0n) is 15.0. The first-order chi connectivity index (χ1) is 11.9. The van der Waals surface area contributed by atoms with Crippen LogP contribution in [-0.2, 0) is 6.42 Å². The second-order valence-electron chi connectivity index (χ2n) is 6.72. The van der Waals surface area contributed by atoms with Crippen molar-refractivity contribution in [3.05, 3.63) is 41.9 Å². The lowest BCUT2D eigenvalue weighted by atomic mass is 10.2. The van der Waals surface area contributed by atoms with Crippen molar-refractivity contribution >= 4 is 22.6 Å². The lowest BCUT2D eigenvalue weighted by molar-refractivity contribution is 0.249. The maximum Gasteiger partial charge on any atom is 0.319 e. The van der Waals surface area contributed by atoms with Crippen LogP contribution >= 0.6 is 0 Å². The summed E-state index contributed by atoms with van der Waals surface area (Å²) in [4.78, 5) is 12.2. The quantitative estimate of drug-likeness (QED) is 0.665. The van der Waals surface area contributed by atoms with Gasteiger partial charge in [0.1, 0.15) is 0 Å². The molecular weight excluding hydrogens is 316 g/mol. The Balaban J connectivity index is 1.61. The van der Waals surface area contributed by atoms with Gasteiger partial charge in [-0.2, -0.15) is 10.2 Å². The highest BCUT2D eigenvalue weighted by atomic mass is 16.2. The van der Waals surface area contributed by atoms with Crippen molar-refractivity contribution in [2.75, 3.05) is 5.32 Å². The third-order valence-electron chi connectivity index (χ3n) is 3.96. The van der Waals surface area contributed by atoms with Gasteiger partial charge in [0, 0.05) is 41.5 Å². The normalized spacial score (nSPS) is 12.5. The standard InChI is InChI=1S/C18H24N6O/c1-11(2)24-10-14-9-15(5-6-17(14)23-24)20-18(25)19-12(3)7-16-8-13(4)21-22-16/h5-6,8-12H,7H2,1-4H3,(H,21,22)(H2,19,20,25)/t12-/m1/s1. The third kappa shape index (κ3) is 4.17. The summed E-state index contributed by atoms with van der Waals surface area (Å²) >= 11 is 0. The number of fused-ring (bicyclic) bond motifs is 1. The molecule has 0 saturated carbocycles. The van der Waals surface area contributed by atoms with Gasteiger partial charge in [-0.1, -0.05) is 0 Å². The molecule has 0 aliphatic carbocycles. The average molecular weight is 340 g/mol. The van der Waals surface area contributed by atoms with Gasteiger partial charge in [-0.05, 0) is 52.0 Å². The molecular formula is C18H24N6O. The maximum atomic E-state index is 12.2. The number of benzene rings is 1. The van der Waals surface area contributed by atoms with Crippen LogP contribution in [0.15, 0.2) is 30.5 Å². The Hall–Kier alpha value is -2.83. The SMILES string of the molecule is Cc1cc(C[C@@H](C)NC(=O)Nc2ccc3nn(C(C)C)cc3c2)n[nH]1. The smallest absolute Gasteiger partial charge is 0.319 e. The molecule has 0 radical (unpaired) electrons. The van der Waals surface area contributed by atoms with Crippen molar-refractivity contribution in [1.29, 1.82) is 0 Å². The Morgan fingerprint density at radius 1 is 1.28 bits per heavy atom. The lowest BCUT2D eigenvalue weighted by Gasteiger charge is -2.13. The number of urea groups is 1. The molecule has 0 aliphatic heterocycles. The van der Waals surface area contributed by atoms with Crippen LogP contribution < -0.4 is 10.6 Å². The molecule has 0 aliphatic rings. The fourth-order valence-electron chi connectivity index (χ4n) is 2.72. The van der Waals surface area contributed by atoms with Crippen molar-refractivity contribution in [1.82, 2.24) is 25.3 Å². The van der Waals surface area contributed by atoms with Crippen molar-refractivity contribution in [3.63, 3.8) is 0 Å². The van der Waals surface area contributed by atoms with Crippen LogP contribution in [0, 0.1) is 6.92 Å². The summed E-state index contributed by atoms with van der Waals surface area (Å²) in [6.45, 7) is 8.08. The van der Waals surface area contributed by atoms with Gasteiger partial charge in [-0.3, -0.25) is 9.78 Å². The molecule has 0 spiro atoms. The van der Waals surface area contributed by atoms with Crippen LogP contribution in [0.1, 0.15) is 38.2 Å². The summed E-state index contributed by atoms with van der Waals surface area (Å²) in [6, 6.07) is 7.75. The number of nitrogens with one attached hydrogen (secondary N) is 3. The highest BCUT2D eigenvalue weighted by Gasteiger charge is 2.11. The van der Waals surface area contributed by atoms with Gasteiger partial charge in [0.25, 0.3) is 0 Å². The molecule has 7 heteroatoms. The first-order valence-electron chi connectivity index (χ1n) is 8.48. The minimum Gasteiger partial charge on any atom is -0.335 e. The second-order valence-corrected chi connectivity index (χ2v) is 6.72. The highest BCUT2D eigenvalue weighted by molar-refractivity contribution is 5.92. The van der Waals surface area contributed by atoms with Crippen LogP contribution in [-0.4, -0.2) is 32.1 Å². The van der Waals surface area contributed by atoms with Gasteiger partial charge in [-0.15, -0.1) is 0 Å². The number of aromatic nitrogens is 4. The summed E-state index contributed by atoms with van der Waals surface area (Å²) in [7, 11) is 0. The first-order valence-corrected chi connectivity index (χ1v) is 8.48. The maximum absolute atomic E-state index is 12.2. The topological polar surface area (TPSA) is 87.6 Å². The molecule has 1 aromatic carbocycles. The molecule has 3 N–H and O–H groups in total. The summed E-state index contributed by atoms with van der Waals surface area (Å²) in [6.07, 6.45) is 2.67. The van der Waals surface area contributed by atoms with E-state index < -0.39 is 0 Å². The number of nitrogens with zero attached hydrogens (tertiary/aromatic N) is 3. The average Bonchev–Trinajstić information content (AvgIpc) is 3.12. The first kappa shape index (κ1) is 17.0. The molecule has 25 heavy (non-hydrogen) atoms. The Kier molecular flexibility index (Phi) is 4.74. The van der Waals surface area contributed by atoms with E-state index in [9.17, 15) is 4.79 Å². The zero-order valence-corrected chi connectivity index (χ0v) is 15.0. The Labute approximate surface area is 146 Å². The number of aromatic amines is 1. The van der Waals surface area contributed by atoms with Crippen LogP contribution in [0.2, 0.25) is 0 Å². The van der Waals surface area contributed by atoms with E-state index in [1.807, 2.05) is 49.0 Å². The van der Waals surface area contributed by atoms with Gasteiger partial charge >= 0.3 is 6.03 Å². The second kappa shape index (κ2) is 6.96. The van der Waals surface area contributed by atoms with Gasteiger partial charge in [-0.25, -0.2) is 4.79 Å². The molecule has 1 atom stereocenters. The molecule has 0 unspecified atom stereocenters. The Morgan fingerprint density at radius 2 is 2.08 bits per heavy atom.